The first kappa shape index (κ1) is 21.5. The highest BCUT2D eigenvalue weighted by atomic mass is 32.1. The molecule has 0 spiro atoms. The summed E-state index contributed by atoms with van der Waals surface area (Å²) in [6.07, 6.45) is 2.15. The van der Waals surface area contributed by atoms with Crippen molar-refractivity contribution in [1.82, 2.24) is 14.9 Å². The van der Waals surface area contributed by atoms with Crippen LogP contribution >= 0.6 is 11.3 Å². The van der Waals surface area contributed by atoms with Crippen LogP contribution in [0.15, 0.2) is 65.7 Å². The largest absolute Gasteiger partial charge is 0.352 e. The first-order valence-corrected chi connectivity index (χ1v) is 10.9. The number of rotatable bonds is 6. The number of aromatic nitrogens is 2. The quantitative estimate of drug-likeness (QED) is 0.474. The zero-order valence-corrected chi connectivity index (χ0v) is 18.5. The topological polar surface area (TPSA) is 93.1 Å². The Kier molecular flexibility index (Phi) is 6.13. The van der Waals surface area contributed by atoms with Gasteiger partial charge in [-0.05, 0) is 36.6 Å². The molecule has 0 aliphatic rings. The monoisotopic (exact) mass is 446 g/mol. The second-order valence-electron chi connectivity index (χ2n) is 7.39. The van der Waals surface area contributed by atoms with Gasteiger partial charge in [0.05, 0.1) is 27.8 Å². The van der Waals surface area contributed by atoms with Crippen LogP contribution in [-0.4, -0.2) is 27.9 Å². The lowest BCUT2D eigenvalue weighted by atomic mass is 10.1. The molecule has 0 fully saturated rings. The maximum atomic E-state index is 13.0. The van der Waals surface area contributed by atoms with E-state index < -0.39 is 0 Å². The molecule has 0 aliphatic heterocycles. The molecule has 32 heavy (non-hydrogen) atoms. The molecule has 0 radical (unpaired) electrons. The zero-order valence-electron chi connectivity index (χ0n) is 17.7. The predicted molar refractivity (Wildman–Crippen MR) is 126 cm³/mol. The lowest BCUT2D eigenvalue weighted by Crippen LogP contribution is -2.27. The van der Waals surface area contributed by atoms with E-state index in [1.165, 1.54) is 10.9 Å². The number of benzene rings is 2. The van der Waals surface area contributed by atoms with Gasteiger partial charge in [0.25, 0.3) is 17.4 Å². The van der Waals surface area contributed by atoms with E-state index in [-0.39, 0.29) is 17.4 Å². The summed E-state index contributed by atoms with van der Waals surface area (Å²) in [7, 11) is 1.62. The van der Waals surface area contributed by atoms with Crippen LogP contribution in [0, 0.1) is 6.92 Å². The number of thiophene rings is 1. The van der Waals surface area contributed by atoms with Gasteiger partial charge in [0.1, 0.15) is 4.83 Å². The van der Waals surface area contributed by atoms with E-state index in [0.717, 1.165) is 16.9 Å². The third-order valence-corrected chi connectivity index (χ3v) is 6.38. The molecule has 0 saturated carbocycles. The van der Waals surface area contributed by atoms with Gasteiger partial charge in [-0.1, -0.05) is 42.5 Å². The Morgan fingerprint density at radius 3 is 2.53 bits per heavy atom. The minimum absolute atomic E-state index is 0.194. The highest BCUT2D eigenvalue weighted by Crippen LogP contribution is 2.28. The summed E-state index contributed by atoms with van der Waals surface area (Å²) >= 11 is 1.16. The highest BCUT2D eigenvalue weighted by Gasteiger charge is 2.20. The molecule has 7 nitrogen and oxygen atoms in total. The molecule has 0 atom stereocenters. The Balaban J connectivity index is 1.52. The van der Waals surface area contributed by atoms with Gasteiger partial charge in [-0.2, -0.15) is 0 Å². The van der Waals surface area contributed by atoms with E-state index in [2.05, 4.69) is 15.6 Å². The molecular formula is C24H22N4O3S. The second-order valence-corrected chi connectivity index (χ2v) is 8.39. The number of nitrogens with one attached hydrogen (secondary N) is 2. The van der Waals surface area contributed by atoms with E-state index in [1.807, 2.05) is 30.3 Å². The number of anilines is 1. The Morgan fingerprint density at radius 1 is 1.03 bits per heavy atom. The maximum absolute atomic E-state index is 13.0. The summed E-state index contributed by atoms with van der Waals surface area (Å²) in [5.74, 6) is -0.641. The van der Waals surface area contributed by atoms with Crippen molar-refractivity contribution in [2.75, 3.05) is 11.9 Å². The molecule has 0 bridgehead atoms. The van der Waals surface area contributed by atoms with Crippen LogP contribution in [0.25, 0.3) is 10.2 Å². The van der Waals surface area contributed by atoms with Crippen LogP contribution in [0.4, 0.5) is 5.69 Å². The number of para-hydroxylation sites is 1. The molecule has 2 amide bonds. The summed E-state index contributed by atoms with van der Waals surface area (Å²) in [6, 6.07) is 16.8. The van der Waals surface area contributed by atoms with Crippen LogP contribution in [0.5, 0.6) is 0 Å². The predicted octanol–water partition coefficient (Wildman–Crippen LogP) is 3.53. The van der Waals surface area contributed by atoms with Crippen molar-refractivity contribution in [1.29, 1.82) is 0 Å². The van der Waals surface area contributed by atoms with Crippen molar-refractivity contribution in [3.05, 3.63) is 92.8 Å². The summed E-state index contributed by atoms with van der Waals surface area (Å²) < 4.78 is 1.39. The normalized spacial score (nSPS) is 10.8. The number of aryl methyl sites for hydroxylation is 2. The van der Waals surface area contributed by atoms with E-state index >= 15 is 0 Å². The number of nitrogens with zero attached hydrogens (tertiary/aromatic N) is 2. The van der Waals surface area contributed by atoms with Gasteiger partial charge in [0.2, 0.25) is 0 Å². The van der Waals surface area contributed by atoms with Crippen molar-refractivity contribution in [3.63, 3.8) is 0 Å². The van der Waals surface area contributed by atoms with Gasteiger partial charge in [-0.25, -0.2) is 4.98 Å². The summed E-state index contributed by atoms with van der Waals surface area (Å²) in [5.41, 5.74) is 2.31. The molecule has 4 aromatic rings. The number of hydrogen-bond acceptors (Lipinski definition) is 5. The average molecular weight is 447 g/mol. The van der Waals surface area contributed by atoms with Crippen molar-refractivity contribution >= 4 is 39.1 Å². The molecule has 2 heterocycles. The van der Waals surface area contributed by atoms with E-state index in [0.29, 0.717) is 44.9 Å². The van der Waals surface area contributed by atoms with Crippen LogP contribution in [0.1, 0.15) is 31.2 Å². The molecule has 0 unspecified atom stereocenters. The van der Waals surface area contributed by atoms with E-state index in [9.17, 15) is 14.4 Å². The van der Waals surface area contributed by atoms with Gasteiger partial charge in [0, 0.05) is 13.6 Å². The van der Waals surface area contributed by atoms with E-state index in [4.69, 9.17) is 0 Å². The molecule has 0 saturated heterocycles. The first-order chi connectivity index (χ1) is 15.5. The molecule has 4 rings (SSSR count). The Morgan fingerprint density at radius 2 is 1.75 bits per heavy atom. The van der Waals surface area contributed by atoms with Crippen molar-refractivity contribution < 1.29 is 9.59 Å². The molecular weight excluding hydrogens is 424 g/mol. The molecule has 162 valence electrons. The van der Waals surface area contributed by atoms with E-state index in [1.54, 1.807) is 38.2 Å². The minimum Gasteiger partial charge on any atom is -0.352 e. The third-order valence-electron chi connectivity index (χ3n) is 5.18. The van der Waals surface area contributed by atoms with Crippen LogP contribution in [0.3, 0.4) is 0 Å². The molecule has 2 aromatic heterocycles. The first-order valence-electron chi connectivity index (χ1n) is 10.1. The highest BCUT2D eigenvalue weighted by molar-refractivity contribution is 7.20. The number of fused-ring (bicyclic) bond motifs is 1. The number of carbonyl (C=O) groups is 2. The average Bonchev–Trinajstić information content (AvgIpc) is 3.14. The Hall–Kier alpha value is -3.78. The lowest BCUT2D eigenvalue weighted by molar-refractivity contribution is 0.0955. The summed E-state index contributed by atoms with van der Waals surface area (Å²) in [6.45, 7) is 2.22. The van der Waals surface area contributed by atoms with Crippen molar-refractivity contribution in [3.8, 4) is 0 Å². The number of carbonyl (C=O) groups excluding carboxylic acids is 2. The standard InChI is InChI=1S/C24H22N4O3S/c1-15-19-23(26-14-28(2)24(19)31)32-20(15)22(30)27-18-11-7-6-10-17(18)21(29)25-13-12-16-8-4-3-5-9-16/h3-11,14H,12-13H2,1-2H3,(H,25,29)(H,27,30). The fraction of sp³-hybridized carbons (Fsp3) is 0.167. The fourth-order valence-electron chi connectivity index (χ4n) is 3.45. The second kappa shape index (κ2) is 9.15. The van der Waals surface area contributed by atoms with Gasteiger partial charge >= 0.3 is 0 Å². The maximum Gasteiger partial charge on any atom is 0.266 e. The smallest absolute Gasteiger partial charge is 0.266 e. The Labute approximate surface area is 188 Å². The third kappa shape index (κ3) is 4.31. The summed E-state index contributed by atoms with van der Waals surface area (Å²) in [4.78, 5) is 43.4. The molecule has 2 N–H and O–H groups in total. The van der Waals surface area contributed by atoms with Crippen LogP contribution < -0.4 is 16.2 Å². The molecule has 0 aliphatic carbocycles. The minimum atomic E-state index is -0.378. The van der Waals surface area contributed by atoms with Gasteiger partial charge in [-0.3, -0.25) is 14.4 Å². The SMILES string of the molecule is Cc1c(C(=O)Nc2ccccc2C(=O)NCCc2ccccc2)sc2ncn(C)c(=O)c12. The lowest BCUT2D eigenvalue weighted by Gasteiger charge is -2.11. The fourth-order valence-corrected chi connectivity index (χ4v) is 4.49. The number of amides is 2. The van der Waals surface area contributed by atoms with Crippen LogP contribution in [-0.2, 0) is 13.5 Å². The molecule has 2 aromatic carbocycles. The summed E-state index contributed by atoms with van der Waals surface area (Å²) in [5, 5.41) is 6.17. The van der Waals surface area contributed by atoms with Gasteiger partial charge < -0.3 is 15.2 Å². The van der Waals surface area contributed by atoms with Crippen molar-refractivity contribution in [2.45, 2.75) is 13.3 Å². The van der Waals surface area contributed by atoms with Gasteiger partial charge in [-0.15, -0.1) is 11.3 Å². The zero-order chi connectivity index (χ0) is 22.7. The Bertz CT molecular complexity index is 1360. The molecule has 8 heteroatoms. The van der Waals surface area contributed by atoms with Crippen molar-refractivity contribution in [2.24, 2.45) is 7.05 Å². The number of hydrogen-bond donors (Lipinski definition) is 2. The van der Waals surface area contributed by atoms with Gasteiger partial charge in [0.15, 0.2) is 0 Å². The van der Waals surface area contributed by atoms with Crippen LogP contribution in [0.2, 0.25) is 0 Å².